The minimum Gasteiger partial charge on any atom is -0.426 e. The second kappa shape index (κ2) is 13.7. The van der Waals surface area contributed by atoms with Crippen molar-refractivity contribution < 1.29 is 19.4 Å². The average Bonchev–Trinajstić information content (AvgIpc) is 3.35. The summed E-state index contributed by atoms with van der Waals surface area (Å²) in [5.74, 6) is -0.132. The van der Waals surface area contributed by atoms with Crippen LogP contribution in [0.5, 0.6) is 5.75 Å². The predicted octanol–water partition coefficient (Wildman–Crippen LogP) is 6.62. The molecule has 0 aliphatic carbocycles. The molecule has 3 aromatic carbocycles. The Balaban J connectivity index is 1.33. The van der Waals surface area contributed by atoms with Crippen LogP contribution in [0.25, 0.3) is 11.0 Å². The number of aryl methyl sites for hydroxylation is 2. The van der Waals surface area contributed by atoms with Crippen LogP contribution in [0.4, 0.5) is 0 Å². The Bertz CT molecular complexity index is 1390. The van der Waals surface area contributed by atoms with Crippen LogP contribution in [0.3, 0.4) is 0 Å². The van der Waals surface area contributed by atoms with Gasteiger partial charge in [-0.25, -0.2) is 4.68 Å². The summed E-state index contributed by atoms with van der Waals surface area (Å²) in [5.41, 5.74) is 5.19. The molecule has 0 aliphatic rings. The zero-order chi connectivity index (χ0) is 27.8. The van der Waals surface area contributed by atoms with Crippen molar-refractivity contribution in [3.05, 3.63) is 87.9 Å². The quantitative estimate of drug-likeness (QED) is 0.115. The Morgan fingerprint density at radius 3 is 2.62 bits per heavy atom. The lowest BCUT2D eigenvalue weighted by molar-refractivity contribution is -0.139. The Hall–Kier alpha value is -3.26. The van der Waals surface area contributed by atoms with E-state index in [0.29, 0.717) is 42.4 Å². The topological polar surface area (TPSA) is 86.5 Å². The monoisotopic (exact) mass is 549 g/mol. The number of fused-ring (bicyclic) bond motifs is 1. The molecule has 1 heterocycles. The summed E-state index contributed by atoms with van der Waals surface area (Å²) >= 11 is 6.20. The molecule has 0 spiro atoms. The predicted molar refractivity (Wildman–Crippen MR) is 153 cm³/mol. The van der Waals surface area contributed by atoms with Crippen molar-refractivity contribution in [2.45, 2.75) is 65.7 Å². The third kappa shape index (κ3) is 7.44. The van der Waals surface area contributed by atoms with Gasteiger partial charge in [-0.2, -0.15) is 0 Å². The number of carbonyl (C=O) groups excluding carboxylic acids is 1. The van der Waals surface area contributed by atoms with Crippen molar-refractivity contribution in [3.63, 3.8) is 0 Å². The van der Waals surface area contributed by atoms with Gasteiger partial charge in [-0.15, -0.1) is 5.10 Å². The molecule has 1 aromatic heterocycles. The van der Waals surface area contributed by atoms with E-state index in [-0.39, 0.29) is 11.9 Å². The Morgan fingerprint density at radius 1 is 1.08 bits per heavy atom. The highest BCUT2D eigenvalue weighted by atomic mass is 35.5. The number of aromatic nitrogens is 3. The second-order valence-corrected chi connectivity index (χ2v) is 10.3. The lowest BCUT2D eigenvalue weighted by Gasteiger charge is -2.17. The number of hydrogen-bond acceptors (Lipinski definition) is 6. The molecular weight excluding hydrogens is 514 g/mol. The molecule has 0 saturated carbocycles. The molecule has 2 atom stereocenters. The smallest absolute Gasteiger partial charge is 0.314 e. The normalized spacial score (nSPS) is 12.9. The molecular formula is C31H36ClN3O4. The molecule has 206 valence electrons. The number of aliphatic hydroxyl groups excluding tert-OH is 1. The maximum atomic E-state index is 13.1. The molecule has 0 fully saturated rings. The third-order valence-corrected chi connectivity index (χ3v) is 7.28. The lowest BCUT2D eigenvalue weighted by atomic mass is 9.95. The van der Waals surface area contributed by atoms with Crippen molar-refractivity contribution in [2.75, 3.05) is 6.61 Å². The molecule has 39 heavy (non-hydrogen) atoms. The molecule has 0 saturated heterocycles. The standard InChI is InChI=1S/C31H36ClN3O4/c1-4-25(18-24-12-13-27(32)26(19-24)22(3)36)31(37)39-29-15-14-28-30(21(29)2)33-34-35(28)16-8-9-17-38-20-23-10-6-5-7-11-23/h5-7,10-15,19,22,25,36H,4,8-9,16-18,20H2,1-3H3/t22-,25?/m0/s1. The molecule has 0 radical (unpaired) electrons. The summed E-state index contributed by atoms with van der Waals surface area (Å²) in [6.45, 7) is 7.58. The van der Waals surface area contributed by atoms with E-state index < -0.39 is 6.10 Å². The van der Waals surface area contributed by atoms with Crippen LogP contribution in [0.1, 0.15) is 61.5 Å². The van der Waals surface area contributed by atoms with Gasteiger partial charge in [0, 0.05) is 23.7 Å². The van der Waals surface area contributed by atoms with Crippen molar-refractivity contribution in [2.24, 2.45) is 5.92 Å². The number of benzene rings is 3. The summed E-state index contributed by atoms with van der Waals surface area (Å²) in [4.78, 5) is 13.1. The first-order valence-electron chi connectivity index (χ1n) is 13.5. The molecule has 4 aromatic rings. The van der Waals surface area contributed by atoms with E-state index in [1.54, 1.807) is 13.0 Å². The van der Waals surface area contributed by atoms with Gasteiger partial charge in [-0.05, 0) is 74.4 Å². The van der Waals surface area contributed by atoms with E-state index in [9.17, 15) is 9.90 Å². The van der Waals surface area contributed by atoms with Crippen LogP contribution in [0, 0.1) is 12.8 Å². The zero-order valence-electron chi connectivity index (χ0n) is 22.8. The highest BCUT2D eigenvalue weighted by Crippen LogP contribution is 2.29. The average molecular weight is 550 g/mol. The van der Waals surface area contributed by atoms with Crippen molar-refractivity contribution >= 4 is 28.6 Å². The highest BCUT2D eigenvalue weighted by Gasteiger charge is 2.22. The molecule has 8 heteroatoms. The van der Waals surface area contributed by atoms with Gasteiger partial charge < -0.3 is 14.6 Å². The number of unbranched alkanes of at least 4 members (excludes halogenated alkanes) is 1. The highest BCUT2D eigenvalue weighted by molar-refractivity contribution is 6.31. The summed E-state index contributed by atoms with van der Waals surface area (Å²) in [5, 5.41) is 19.2. The van der Waals surface area contributed by atoms with E-state index in [0.717, 1.165) is 41.5 Å². The minimum absolute atomic E-state index is 0.295. The molecule has 1 N–H and O–H groups in total. The lowest BCUT2D eigenvalue weighted by Crippen LogP contribution is -2.22. The maximum Gasteiger partial charge on any atom is 0.314 e. The van der Waals surface area contributed by atoms with Crippen LogP contribution in [0.15, 0.2) is 60.7 Å². The van der Waals surface area contributed by atoms with Crippen LogP contribution in [-0.2, 0) is 29.1 Å². The van der Waals surface area contributed by atoms with Gasteiger partial charge in [0.1, 0.15) is 11.3 Å². The van der Waals surface area contributed by atoms with Gasteiger partial charge in [0.2, 0.25) is 0 Å². The molecule has 4 rings (SSSR count). The minimum atomic E-state index is -0.680. The van der Waals surface area contributed by atoms with Gasteiger partial charge in [0.05, 0.1) is 24.1 Å². The molecule has 0 amide bonds. The maximum absolute atomic E-state index is 13.1. The molecule has 0 aliphatic heterocycles. The number of nitrogens with zero attached hydrogens (tertiary/aromatic N) is 3. The van der Waals surface area contributed by atoms with Gasteiger partial charge in [0.25, 0.3) is 0 Å². The zero-order valence-corrected chi connectivity index (χ0v) is 23.5. The molecule has 0 bridgehead atoms. The first-order chi connectivity index (χ1) is 18.9. The van der Waals surface area contributed by atoms with Gasteiger partial charge in [0.15, 0.2) is 0 Å². The second-order valence-electron chi connectivity index (χ2n) is 9.88. The third-order valence-electron chi connectivity index (χ3n) is 6.94. The largest absolute Gasteiger partial charge is 0.426 e. The first kappa shape index (κ1) is 28.7. The fourth-order valence-electron chi connectivity index (χ4n) is 4.57. The van der Waals surface area contributed by atoms with E-state index >= 15 is 0 Å². The van der Waals surface area contributed by atoms with Crippen molar-refractivity contribution in [3.8, 4) is 5.75 Å². The van der Waals surface area contributed by atoms with Crippen LogP contribution < -0.4 is 4.74 Å². The Kier molecular flexibility index (Phi) is 10.1. The van der Waals surface area contributed by atoms with Gasteiger partial charge >= 0.3 is 5.97 Å². The number of ether oxygens (including phenoxy) is 2. The van der Waals surface area contributed by atoms with Gasteiger partial charge in [-0.1, -0.05) is 66.2 Å². The van der Waals surface area contributed by atoms with E-state index in [2.05, 4.69) is 22.4 Å². The Morgan fingerprint density at radius 2 is 1.87 bits per heavy atom. The fraction of sp³-hybridized carbons (Fsp3) is 0.387. The summed E-state index contributed by atoms with van der Waals surface area (Å²) in [7, 11) is 0. The molecule has 1 unspecified atom stereocenters. The SMILES string of the molecule is CCC(Cc1ccc(Cl)c([C@H](C)O)c1)C(=O)Oc1ccc2c(nnn2CCCCOCc2ccccc2)c1C. The van der Waals surface area contributed by atoms with E-state index in [4.69, 9.17) is 21.1 Å². The number of carbonyl (C=O) groups is 1. The van der Waals surface area contributed by atoms with E-state index in [1.165, 1.54) is 5.56 Å². The summed E-state index contributed by atoms with van der Waals surface area (Å²) < 4.78 is 13.5. The summed E-state index contributed by atoms with van der Waals surface area (Å²) in [6.07, 6.45) is 2.29. The van der Waals surface area contributed by atoms with Crippen LogP contribution in [-0.4, -0.2) is 32.7 Å². The molecule has 7 nitrogen and oxygen atoms in total. The number of rotatable bonds is 13. The fourth-order valence-corrected chi connectivity index (χ4v) is 4.84. The number of esters is 1. The van der Waals surface area contributed by atoms with Crippen LogP contribution in [0.2, 0.25) is 5.02 Å². The van der Waals surface area contributed by atoms with Crippen molar-refractivity contribution in [1.29, 1.82) is 0 Å². The number of hydrogen-bond donors (Lipinski definition) is 1. The Labute approximate surface area is 234 Å². The first-order valence-corrected chi connectivity index (χ1v) is 13.9. The van der Waals surface area contributed by atoms with E-state index in [1.807, 2.05) is 61.0 Å². The van der Waals surface area contributed by atoms with Gasteiger partial charge in [-0.3, -0.25) is 4.79 Å². The number of aliphatic hydroxyl groups is 1. The summed E-state index contributed by atoms with van der Waals surface area (Å²) in [6, 6.07) is 19.4. The number of halogens is 1. The van der Waals surface area contributed by atoms with Crippen molar-refractivity contribution in [1.82, 2.24) is 15.0 Å². The van der Waals surface area contributed by atoms with Crippen LogP contribution >= 0.6 is 11.6 Å².